The number of benzene rings is 1. The van der Waals surface area contributed by atoms with E-state index in [0.29, 0.717) is 17.5 Å². The summed E-state index contributed by atoms with van der Waals surface area (Å²) in [6.07, 6.45) is 2.40. The van der Waals surface area contributed by atoms with E-state index in [-0.39, 0.29) is 10.6 Å². The first-order valence-electron chi connectivity index (χ1n) is 7.53. The van der Waals surface area contributed by atoms with Gasteiger partial charge in [-0.1, -0.05) is 19.1 Å². The summed E-state index contributed by atoms with van der Waals surface area (Å²) in [5, 5.41) is 14.4. The molecule has 0 saturated carbocycles. The first-order valence-corrected chi connectivity index (χ1v) is 7.53. The van der Waals surface area contributed by atoms with Gasteiger partial charge in [0.2, 0.25) is 0 Å². The van der Waals surface area contributed by atoms with Gasteiger partial charge in [0.05, 0.1) is 4.92 Å². The first-order chi connectivity index (χ1) is 9.89. The monoisotopic (exact) mass is 291 g/mol. The van der Waals surface area contributed by atoms with Crippen LogP contribution in [0, 0.1) is 22.5 Å². The Morgan fingerprint density at radius 2 is 2.05 bits per heavy atom. The lowest BCUT2D eigenvalue weighted by atomic mass is 9.80. The van der Waals surface area contributed by atoms with E-state index in [1.807, 2.05) is 12.1 Å². The molecule has 0 aromatic heterocycles. The minimum atomic E-state index is -0.308. The molecule has 0 radical (unpaired) electrons. The van der Waals surface area contributed by atoms with Gasteiger partial charge >= 0.3 is 0 Å². The van der Waals surface area contributed by atoms with Gasteiger partial charge in [-0.25, -0.2) is 0 Å². The van der Waals surface area contributed by atoms with Crippen molar-refractivity contribution in [3.8, 4) is 0 Å². The van der Waals surface area contributed by atoms with E-state index < -0.39 is 0 Å². The second kappa shape index (κ2) is 6.54. The normalized spacial score (nSPS) is 18.6. The Bertz CT molecular complexity index is 508. The topological polar surface area (TPSA) is 58.4 Å². The molecule has 1 aromatic carbocycles. The average molecular weight is 291 g/mol. The molecule has 1 saturated heterocycles. The molecule has 1 heterocycles. The standard InChI is InChI=1S/C16H25N3O2/c1-13-4-5-14(10-15(13)19(20)21)11-17-12-16(2)6-8-18(3)9-7-16/h4-5,10,17H,6-9,11-12H2,1-3H3. The lowest BCUT2D eigenvalue weighted by Gasteiger charge is -2.38. The van der Waals surface area contributed by atoms with E-state index in [9.17, 15) is 10.1 Å². The Labute approximate surface area is 126 Å². The van der Waals surface area contributed by atoms with Crippen molar-refractivity contribution in [1.29, 1.82) is 0 Å². The maximum absolute atomic E-state index is 11.0. The molecule has 21 heavy (non-hydrogen) atoms. The van der Waals surface area contributed by atoms with Crippen molar-refractivity contribution in [1.82, 2.24) is 10.2 Å². The molecule has 5 nitrogen and oxygen atoms in total. The predicted molar refractivity (Wildman–Crippen MR) is 84.4 cm³/mol. The molecule has 1 aliphatic heterocycles. The molecule has 1 N–H and O–H groups in total. The van der Waals surface area contributed by atoms with Crippen LogP contribution < -0.4 is 5.32 Å². The van der Waals surface area contributed by atoms with Crippen LogP contribution in [0.4, 0.5) is 5.69 Å². The van der Waals surface area contributed by atoms with Gasteiger partial charge in [-0.2, -0.15) is 0 Å². The molecular weight excluding hydrogens is 266 g/mol. The molecule has 0 spiro atoms. The largest absolute Gasteiger partial charge is 0.312 e. The Hall–Kier alpha value is -1.46. The molecule has 1 aliphatic rings. The van der Waals surface area contributed by atoms with E-state index in [2.05, 4.69) is 24.2 Å². The lowest BCUT2D eigenvalue weighted by molar-refractivity contribution is -0.385. The number of rotatable bonds is 5. The minimum absolute atomic E-state index is 0.208. The fraction of sp³-hybridized carbons (Fsp3) is 0.625. The molecule has 0 aliphatic carbocycles. The van der Waals surface area contributed by atoms with Gasteiger partial charge in [0.25, 0.3) is 5.69 Å². The Kier molecular flexibility index (Phi) is 4.96. The van der Waals surface area contributed by atoms with Crippen molar-refractivity contribution in [3.05, 3.63) is 39.4 Å². The number of aryl methyl sites for hydroxylation is 1. The van der Waals surface area contributed by atoms with E-state index in [4.69, 9.17) is 0 Å². The zero-order valence-corrected chi connectivity index (χ0v) is 13.2. The summed E-state index contributed by atoms with van der Waals surface area (Å²) in [5.41, 5.74) is 2.23. The molecule has 0 unspecified atom stereocenters. The average Bonchev–Trinajstić information content (AvgIpc) is 2.44. The summed E-state index contributed by atoms with van der Waals surface area (Å²) < 4.78 is 0. The highest BCUT2D eigenvalue weighted by Crippen LogP contribution is 2.29. The summed E-state index contributed by atoms with van der Waals surface area (Å²) in [4.78, 5) is 13.0. The summed E-state index contributed by atoms with van der Waals surface area (Å²) in [6, 6.07) is 5.47. The third-order valence-corrected chi connectivity index (χ3v) is 4.55. The van der Waals surface area contributed by atoms with Gasteiger partial charge in [-0.05, 0) is 50.9 Å². The van der Waals surface area contributed by atoms with Gasteiger partial charge in [0.1, 0.15) is 0 Å². The number of nitro groups is 1. The second-order valence-electron chi connectivity index (χ2n) is 6.60. The van der Waals surface area contributed by atoms with Crippen LogP contribution >= 0.6 is 0 Å². The third kappa shape index (κ3) is 4.25. The Balaban J connectivity index is 1.89. The Morgan fingerprint density at radius 1 is 1.38 bits per heavy atom. The number of nitro benzene ring substituents is 1. The van der Waals surface area contributed by atoms with Gasteiger partial charge < -0.3 is 10.2 Å². The number of hydrogen-bond acceptors (Lipinski definition) is 4. The minimum Gasteiger partial charge on any atom is -0.312 e. The zero-order chi connectivity index (χ0) is 15.5. The quantitative estimate of drug-likeness (QED) is 0.669. The Morgan fingerprint density at radius 3 is 2.67 bits per heavy atom. The molecule has 0 atom stereocenters. The maximum atomic E-state index is 11.0. The van der Waals surface area contributed by atoms with Crippen LogP contribution in [-0.2, 0) is 6.54 Å². The highest BCUT2D eigenvalue weighted by atomic mass is 16.6. The number of piperidine rings is 1. The predicted octanol–water partition coefficient (Wildman–Crippen LogP) is 2.72. The van der Waals surface area contributed by atoms with Crippen LogP contribution in [0.15, 0.2) is 18.2 Å². The van der Waals surface area contributed by atoms with Crippen LogP contribution in [-0.4, -0.2) is 36.5 Å². The molecule has 0 amide bonds. The van der Waals surface area contributed by atoms with Crippen molar-refractivity contribution < 1.29 is 4.92 Å². The highest BCUT2D eigenvalue weighted by Gasteiger charge is 2.28. The second-order valence-corrected chi connectivity index (χ2v) is 6.60. The fourth-order valence-corrected chi connectivity index (χ4v) is 2.81. The van der Waals surface area contributed by atoms with Gasteiger partial charge in [-0.15, -0.1) is 0 Å². The van der Waals surface area contributed by atoms with Crippen LogP contribution in [0.2, 0.25) is 0 Å². The number of nitrogens with zero attached hydrogens (tertiary/aromatic N) is 2. The fourth-order valence-electron chi connectivity index (χ4n) is 2.81. The first kappa shape index (κ1) is 15.9. The zero-order valence-electron chi connectivity index (χ0n) is 13.2. The molecule has 2 rings (SSSR count). The van der Waals surface area contributed by atoms with E-state index in [0.717, 1.165) is 25.2 Å². The molecule has 116 valence electrons. The van der Waals surface area contributed by atoms with Gasteiger partial charge in [-0.3, -0.25) is 10.1 Å². The van der Waals surface area contributed by atoms with Crippen molar-refractivity contribution >= 4 is 5.69 Å². The SMILES string of the molecule is Cc1ccc(CNCC2(C)CCN(C)CC2)cc1[N+](=O)[O-]. The summed E-state index contributed by atoms with van der Waals surface area (Å²) in [5.74, 6) is 0. The van der Waals surface area contributed by atoms with Crippen LogP contribution in [0.3, 0.4) is 0 Å². The van der Waals surface area contributed by atoms with E-state index in [1.165, 1.54) is 12.8 Å². The van der Waals surface area contributed by atoms with Crippen molar-refractivity contribution in [2.75, 3.05) is 26.7 Å². The number of likely N-dealkylation sites (tertiary alicyclic amines) is 1. The van der Waals surface area contributed by atoms with E-state index >= 15 is 0 Å². The molecule has 0 bridgehead atoms. The molecule has 1 fully saturated rings. The van der Waals surface area contributed by atoms with Crippen molar-refractivity contribution in [3.63, 3.8) is 0 Å². The third-order valence-electron chi connectivity index (χ3n) is 4.55. The van der Waals surface area contributed by atoms with Crippen molar-refractivity contribution in [2.45, 2.75) is 33.2 Å². The van der Waals surface area contributed by atoms with Crippen LogP contribution in [0.5, 0.6) is 0 Å². The van der Waals surface area contributed by atoms with Gasteiger partial charge in [0, 0.05) is 24.7 Å². The molecular formula is C16H25N3O2. The summed E-state index contributed by atoms with van der Waals surface area (Å²) >= 11 is 0. The van der Waals surface area contributed by atoms with Crippen LogP contribution in [0.1, 0.15) is 30.9 Å². The number of hydrogen-bond donors (Lipinski definition) is 1. The maximum Gasteiger partial charge on any atom is 0.272 e. The van der Waals surface area contributed by atoms with Crippen molar-refractivity contribution in [2.24, 2.45) is 5.41 Å². The van der Waals surface area contributed by atoms with Gasteiger partial charge in [0.15, 0.2) is 0 Å². The highest BCUT2D eigenvalue weighted by molar-refractivity contribution is 5.42. The smallest absolute Gasteiger partial charge is 0.272 e. The summed E-state index contributed by atoms with van der Waals surface area (Å²) in [7, 11) is 2.17. The molecule has 1 aromatic rings. The lowest BCUT2D eigenvalue weighted by Crippen LogP contribution is -2.41. The van der Waals surface area contributed by atoms with E-state index in [1.54, 1.807) is 13.0 Å². The van der Waals surface area contributed by atoms with Crippen LogP contribution in [0.25, 0.3) is 0 Å². The summed E-state index contributed by atoms with van der Waals surface area (Å²) in [6.45, 7) is 8.04. The molecule has 5 heteroatoms. The number of nitrogens with one attached hydrogen (secondary N) is 1.